The van der Waals surface area contributed by atoms with Crippen molar-refractivity contribution in [1.82, 2.24) is 5.32 Å². The molecule has 0 aromatic heterocycles. The van der Waals surface area contributed by atoms with Gasteiger partial charge in [-0.1, -0.05) is 27.2 Å². The Morgan fingerprint density at radius 1 is 1.13 bits per heavy atom. The molecule has 0 unspecified atom stereocenters. The maximum Gasteiger partial charge on any atom is 0.150 e. The molecule has 0 saturated heterocycles. The molecule has 0 aliphatic carbocycles. The van der Waals surface area contributed by atoms with Crippen molar-refractivity contribution in [1.29, 1.82) is 0 Å². The Hall–Kier alpha value is -0.0900. The Morgan fingerprint density at radius 2 is 1.80 bits per heavy atom. The lowest BCUT2D eigenvalue weighted by molar-refractivity contribution is 0.532. The fourth-order valence-corrected chi connectivity index (χ4v) is 2.22. The summed E-state index contributed by atoms with van der Waals surface area (Å²) in [6.45, 7) is 8.12. The first-order valence-electron chi connectivity index (χ1n) is 5.89. The van der Waals surface area contributed by atoms with Gasteiger partial charge in [-0.3, -0.25) is 0 Å². The van der Waals surface area contributed by atoms with Crippen LogP contribution in [0.15, 0.2) is 0 Å². The molecule has 0 aliphatic rings. The summed E-state index contributed by atoms with van der Waals surface area (Å²) in [6.07, 6.45) is 2.88. The van der Waals surface area contributed by atoms with Crippen molar-refractivity contribution < 1.29 is 8.42 Å². The number of sulfone groups is 1. The highest BCUT2D eigenvalue weighted by Crippen LogP contribution is 2.00. The standard InChI is InChI=1S/C11H25NO2S/c1-4-15(13,14)9-7-5-6-8-12-10-11(2)3/h11-12H,4-10H2,1-3H3. The first-order valence-corrected chi connectivity index (χ1v) is 7.71. The van der Waals surface area contributed by atoms with Gasteiger partial charge in [0, 0.05) is 5.75 Å². The van der Waals surface area contributed by atoms with E-state index in [1.807, 2.05) is 0 Å². The van der Waals surface area contributed by atoms with E-state index in [0.717, 1.165) is 32.4 Å². The molecule has 3 nitrogen and oxygen atoms in total. The molecule has 0 aromatic rings. The summed E-state index contributed by atoms with van der Waals surface area (Å²) in [5, 5.41) is 3.35. The van der Waals surface area contributed by atoms with E-state index < -0.39 is 9.84 Å². The zero-order valence-electron chi connectivity index (χ0n) is 10.3. The molecular weight excluding hydrogens is 210 g/mol. The first-order chi connectivity index (χ1) is 6.98. The molecule has 0 spiro atoms. The fraction of sp³-hybridized carbons (Fsp3) is 1.00. The number of hydrogen-bond acceptors (Lipinski definition) is 3. The Labute approximate surface area is 94.6 Å². The molecule has 0 aromatic carbocycles. The second-order valence-corrected chi connectivity index (χ2v) is 6.87. The van der Waals surface area contributed by atoms with E-state index in [9.17, 15) is 8.42 Å². The second kappa shape index (κ2) is 8.11. The summed E-state index contributed by atoms with van der Waals surface area (Å²) in [5.74, 6) is 1.32. The summed E-state index contributed by atoms with van der Waals surface area (Å²) in [5.41, 5.74) is 0. The molecule has 0 heterocycles. The highest BCUT2D eigenvalue weighted by molar-refractivity contribution is 7.91. The molecule has 0 rings (SSSR count). The van der Waals surface area contributed by atoms with Crippen LogP contribution in [0.3, 0.4) is 0 Å². The van der Waals surface area contributed by atoms with E-state index in [1.54, 1.807) is 6.92 Å². The van der Waals surface area contributed by atoms with E-state index in [4.69, 9.17) is 0 Å². The van der Waals surface area contributed by atoms with E-state index in [1.165, 1.54) is 0 Å². The molecule has 0 aliphatic heterocycles. The van der Waals surface area contributed by atoms with Gasteiger partial charge in [-0.05, 0) is 31.8 Å². The van der Waals surface area contributed by atoms with Gasteiger partial charge in [-0.25, -0.2) is 8.42 Å². The molecule has 15 heavy (non-hydrogen) atoms. The van der Waals surface area contributed by atoms with Crippen LogP contribution < -0.4 is 5.32 Å². The van der Waals surface area contributed by atoms with Crippen LogP contribution in [-0.4, -0.2) is 33.0 Å². The summed E-state index contributed by atoms with van der Waals surface area (Å²) in [6, 6.07) is 0. The molecule has 92 valence electrons. The van der Waals surface area contributed by atoms with Crippen LogP contribution in [0.2, 0.25) is 0 Å². The van der Waals surface area contributed by atoms with Gasteiger partial charge in [0.1, 0.15) is 9.84 Å². The maximum absolute atomic E-state index is 11.2. The van der Waals surface area contributed by atoms with E-state index in [-0.39, 0.29) is 5.75 Å². The number of nitrogens with one attached hydrogen (secondary N) is 1. The Balaban J connectivity index is 3.26. The lowest BCUT2D eigenvalue weighted by Crippen LogP contribution is -2.20. The zero-order valence-corrected chi connectivity index (χ0v) is 11.1. The SMILES string of the molecule is CCS(=O)(=O)CCCCCNCC(C)C. The monoisotopic (exact) mass is 235 g/mol. The van der Waals surface area contributed by atoms with Gasteiger partial charge < -0.3 is 5.32 Å². The molecule has 0 amide bonds. The highest BCUT2D eigenvalue weighted by Gasteiger charge is 2.05. The van der Waals surface area contributed by atoms with Crippen LogP contribution >= 0.6 is 0 Å². The predicted octanol–water partition coefficient (Wildman–Crippen LogP) is 1.84. The second-order valence-electron chi connectivity index (χ2n) is 4.40. The molecule has 0 atom stereocenters. The van der Waals surface area contributed by atoms with Crippen molar-refractivity contribution in [2.24, 2.45) is 5.92 Å². The quantitative estimate of drug-likeness (QED) is 0.620. The lowest BCUT2D eigenvalue weighted by Gasteiger charge is -2.06. The molecule has 1 N–H and O–H groups in total. The molecule has 0 fully saturated rings. The smallest absolute Gasteiger partial charge is 0.150 e. The zero-order chi connectivity index (χ0) is 11.7. The Bertz CT molecular complexity index is 235. The third kappa shape index (κ3) is 10.2. The summed E-state index contributed by atoms with van der Waals surface area (Å²) in [7, 11) is -2.75. The topological polar surface area (TPSA) is 46.2 Å². The van der Waals surface area contributed by atoms with Crippen molar-refractivity contribution in [2.45, 2.75) is 40.0 Å². The molecule has 0 radical (unpaired) electrons. The van der Waals surface area contributed by atoms with Gasteiger partial charge in [0.15, 0.2) is 0 Å². The summed E-state index contributed by atoms with van der Waals surface area (Å²) >= 11 is 0. The van der Waals surface area contributed by atoms with Crippen LogP contribution in [0, 0.1) is 5.92 Å². The largest absolute Gasteiger partial charge is 0.316 e. The van der Waals surface area contributed by atoms with Crippen LogP contribution in [0.25, 0.3) is 0 Å². The maximum atomic E-state index is 11.2. The van der Waals surface area contributed by atoms with Gasteiger partial charge >= 0.3 is 0 Å². The molecule has 4 heteroatoms. The minimum Gasteiger partial charge on any atom is -0.316 e. The van der Waals surface area contributed by atoms with Crippen LogP contribution in [0.1, 0.15) is 40.0 Å². The van der Waals surface area contributed by atoms with Gasteiger partial charge in [-0.2, -0.15) is 0 Å². The Kier molecular flexibility index (Phi) is 8.06. The number of rotatable bonds is 9. The average molecular weight is 235 g/mol. The number of unbranched alkanes of at least 4 members (excludes halogenated alkanes) is 2. The summed E-state index contributed by atoms with van der Waals surface area (Å²) < 4.78 is 22.3. The van der Waals surface area contributed by atoms with Crippen LogP contribution in [-0.2, 0) is 9.84 Å². The number of hydrogen-bond donors (Lipinski definition) is 1. The minimum absolute atomic E-state index is 0.276. The van der Waals surface area contributed by atoms with Gasteiger partial charge in [0.25, 0.3) is 0 Å². The lowest BCUT2D eigenvalue weighted by atomic mass is 10.2. The fourth-order valence-electron chi connectivity index (χ4n) is 1.28. The van der Waals surface area contributed by atoms with Crippen molar-refractivity contribution >= 4 is 9.84 Å². The van der Waals surface area contributed by atoms with Gasteiger partial charge in [0.2, 0.25) is 0 Å². The Morgan fingerprint density at radius 3 is 2.33 bits per heavy atom. The normalized spacial score (nSPS) is 12.3. The van der Waals surface area contributed by atoms with Gasteiger partial charge in [0.05, 0.1) is 5.75 Å². The van der Waals surface area contributed by atoms with Crippen LogP contribution in [0.4, 0.5) is 0 Å². The third-order valence-corrected chi connectivity index (χ3v) is 4.09. The van der Waals surface area contributed by atoms with Crippen molar-refractivity contribution in [2.75, 3.05) is 24.6 Å². The first kappa shape index (κ1) is 14.9. The molecule has 0 bridgehead atoms. The average Bonchev–Trinajstić information content (AvgIpc) is 2.16. The molecule has 0 saturated carbocycles. The predicted molar refractivity (Wildman–Crippen MR) is 65.9 cm³/mol. The summed E-state index contributed by atoms with van der Waals surface area (Å²) in [4.78, 5) is 0. The van der Waals surface area contributed by atoms with Gasteiger partial charge in [-0.15, -0.1) is 0 Å². The van der Waals surface area contributed by atoms with Crippen LogP contribution in [0.5, 0.6) is 0 Å². The van der Waals surface area contributed by atoms with E-state index >= 15 is 0 Å². The van der Waals surface area contributed by atoms with Crippen molar-refractivity contribution in [3.63, 3.8) is 0 Å². The minimum atomic E-state index is -2.75. The third-order valence-electron chi connectivity index (χ3n) is 2.30. The van der Waals surface area contributed by atoms with E-state index in [2.05, 4.69) is 19.2 Å². The molecular formula is C11H25NO2S. The van der Waals surface area contributed by atoms with E-state index in [0.29, 0.717) is 11.7 Å². The van der Waals surface area contributed by atoms with Crippen molar-refractivity contribution in [3.8, 4) is 0 Å². The van der Waals surface area contributed by atoms with Crippen molar-refractivity contribution in [3.05, 3.63) is 0 Å². The highest BCUT2D eigenvalue weighted by atomic mass is 32.2.